The summed E-state index contributed by atoms with van der Waals surface area (Å²) in [5, 5.41) is 22.4. The number of primary amides is 1. The van der Waals surface area contributed by atoms with Gasteiger partial charge < -0.3 is 20.6 Å². The first-order chi connectivity index (χ1) is 10.4. The summed E-state index contributed by atoms with van der Waals surface area (Å²) in [6, 6.07) is 1.77. The highest BCUT2D eigenvalue weighted by molar-refractivity contribution is 5.96. The van der Waals surface area contributed by atoms with Gasteiger partial charge in [0.25, 0.3) is 0 Å². The number of allylic oxidation sites excluding steroid dienone is 3. The van der Waals surface area contributed by atoms with Crippen LogP contribution in [0.5, 0.6) is 5.88 Å². The molecule has 1 aromatic heterocycles. The van der Waals surface area contributed by atoms with E-state index in [0.717, 1.165) is 15.9 Å². The Hall–Kier alpha value is -2.76. The van der Waals surface area contributed by atoms with Crippen LogP contribution in [0, 0.1) is 18.0 Å². The van der Waals surface area contributed by atoms with Crippen LogP contribution in [0.25, 0.3) is 0 Å². The Morgan fingerprint density at radius 3 is 2.95 bits per heavy atom. The maximum atomic E-state index is 12.3. The van der Waals surface area contributed by atoms with Gasteiger partial charge in [0.15, 0.2) is 11.6 Å². The Kier molecular flexibility index (Phi) is 3.16. The van der Waals surface area contributed by atoms with E-state index < -0.39 is 5.91 Å². The highest BCUT2D eigenvalue weighted by Gasteiger charge is 2.32. The number of hydroxylamine groups is 1. The van der Waals surface area contributed by atoms with Gasteiger partial charge in [0.2, 0.25) is 12.1 Å². The van der Waals surface area contributed by atoms with Crippen LogP contribution in [0.1, 0.15) is 17.7 Å². The molecule has 1 atom stereocenters. The smallest absolute Gasteiger partial charge is 0.248 e. The van der Waals surface area contributed by atoms with Crippen molar-refractivity contribution in [3.63, 3.8) is 0 Å². The Balaban J connectivity index is 2.03. The van der Waals surface area contributed by atoms with Gasteiger partial charge in [-0.2, -0.15) is 4.74 Å². The molecule has 6 nitrogen and oxygen atoms in total. The normalized spacial score (nSPS) is 20.0. The molecule has 0 saturated heterocycles. The molecule has 0 spiro atoms. The van der Waals surface area contributed by atoms with Crippen molar-refractivity contribution in [2.45, 2.75) is 19.9 Å². The summed E-state index contributed by atoms with van der Waals surface area (Å²) < 4.78 is 2.53. The molecule has 0 fully saturated rings. The Morgan fingerprint density at radius 2 is 2.27 bits per heavy atom. The summed E-state index contributed by atoms with van der Waals surface area (Å²) in [7, 11) is 0. The molecule has 2 heterocycles. The Morgan fingerprint density at radius 1 is 1.55 bits per heavy atom. The second kappa shape index (κ2) is 4.91. The number of aryl methyl sites for hydroxylation is 1. The van der Waals surface area contributed by atoms with E-state index in [-0.39, 0.29) is 17.4 Å². The van der Waals surface area contributed by atoms with Gasteiger partial charge in [0, 0.05) is 23.8 Å². The minimum absolute atomic E-state index is 0.149. The number of amides is 1. The molecule has 114 valence electrons. The van der Waals surface area contributed by atoms with Crippen LogP contribution in [0.15, 0.2) is 41.6 Å². The van der Waals surface area contributed by atoms with Crippen molar-refractivity contribution in [1.29, 1.82) is 0 Å². The zero-order valence-electron chi connectivity index (χ0n) is 12.2. The van der Waals surface area contributed by atoms with E-state index in [1.165, 1.54) is 6.21 Å². The van der Waals surface area contributed by atoms with Crippen molar-refractivity contribution in [2.75, 3.05) is 0 Å². The van der Waals surface area contributed by atoms with Gasteiger partial charge in [0.05, 0.1) is 5.92 Å². The van der Waals surface area contributed by atoms with E-state index in [4.69, 9.17) is 5.73 Å². The lowest BCUT2D eigenvalue weighted by Crippen LogP contribution is -2.22. The van der Waals surface area contributed by atoms with Gasteiger partial charge in [-0.1, -0.05) is 12.7 Å². The standard InChI is InChI=1S/C16H17N3O3/c1-9-5-13-8-19(22)14-4-3-11(10(2)15(17)20)6-12(14)7-18(13)16(9)21/h3-5,8,12,21H,2,6-7H2,1H3,(H2,17,20). The Labute approximate surface area is 127 Å². The number of carbonyl (C=O) groups excluding carboxylic acids is 1. The number of rotatable bonds is 2. The number of nitrogens with two attached hydrogens (primary N) is 1. The predicted molar refractivity (Wildman–Crippen MR) is 82.2 cm³/mol. The van der Waals surface area contributed by atoms with E-state index in [2.05, 4.69) is 6.58 Å². The lowest BCUT2D eigenvalue weighted by atomic mass is 9.87. The van der Waals surface area contributed by atoms with Crippen molar-refractivity contribution in [1.82, 2.24) is 4.57 Å². The number of fused-ring (bicyclic) bond motifs is 2. The molecule has 22 heavy (non-hydrogen) atoms. The van der Waals surface area contributed by atoms with Gasteiger partial charge in [-0.15, -0.1) is 0 Å². The molecule has 1 aliphatic heterocycles. The third-order valence-electron chi connectivity index (χ3n) is 4.22. The number of hydrogen-bond acceptors (Lipinski definition) is 3. The molecule has 6 heteroatoms. The van der Waals surface area contributed by atoms with Crippen molar-refractivity contribution in [3.05, 3.63) is 58.1 Å². The molecule has 0 saturated carbocycles. The van der Waals surface area contributed by atoms with E-state index in [0.29, 0.717) is 24.4 Å². The van der Waals surface area contributed by atoms with Crippen LogP contribution in [0.3, 0.4) is 0 Å². The zero-order chi connectivity index (χ0) is 16.0. The van der Waals surface area contributed by atoms with E-state index in [9.17, 15) is 15.1 Å². The van der Waals surface area contributed by atoms with Crippen molar-refractivity contribution in [2.24, 2.45) is 11.7 Å². The fourth-order valence-electron chi connectivity index (χ4n) is 2.97. The number of aromatic hydroxyl groups is 1. The molecule has 1 amide bonds. The summed E-state index contributed by atoms with van der Waals surface area (Å²) in [5.41, 5.74) is 8.24. The van der Waals surface area contributed by atoms with Crippen molar-refractivity contribution in [3.8, 4) is 5.88 Å². The molecule has 0 radical (unpaired) electrons. The number of hydrogen-bond donors (Lipinski definition) is 2. The number of carbonyl (C=O) groups is 1. The van der Waals surface area contributed by atoms with Gasteiger partial charge in [-0.05, 0) is 25.0 Å². The molecule has 3 N–H and O–H groups in total. The molecule has 1 aliphatic carbocycles. The van der Waals surface area contributed by atoms with Gasteiger partial charge >= 0.3 is 0 Å². The summed E-state index contributed by atoms with van der Waals surface area (Å²) in [6.45, 7) is 5.94. The molecule has 1 aromatic rings. The number of aromatic nitrogens is 1. The highest BCUT2D eigenvalue weighted by Crippen LogP contribution is 2.34. The molecular formula is C16H17N3O3. The SMILES string of the molecule is C=C(C(N)=O)C1=CC=C2C(C1)Cn1c(cc(C)c1O)C=[N+]2[O-]. The van der Waals surface area contributed by atoms with E-state index in [1.807, 2.05) is 0 Å². The second-order valence-corrected chi connectivity index (χ2v) is 5.67. The van der Waals surface area contributed by atoms with Crippen LogP contribution >= 0.6 is 0 Å². The van der Waals surface area contributed by atoms with Gasteiger partial charge in [0.1, 0.15) is 5.69 Å². The fourth-order valence-corrected chi connectivity index (χ4v) is 2.97. The largest absolute Gasteiger partial charge is 0.618 e. The van der Waals surface area contributed by atoms with Crippen molar-refractivity contribution < 1.29 is 14.6 Å². The maximum absolute atomic E-state index is 12.3. The summed E-state index contributed by atoms with van der Waals surface area (Å²) in [5.74, 6) is -0.558. The lowest BCUT2D eigenvalue weighted by Gasteiger charge is -2.22. The average molecular weight is 299 g/mol. The third-order valence-corrected chi connectivity index (χ3v) is 4.22. The molecule has 0 bridgehead atoms. The molecular weight excluding hydrogens is 282 g/mol. The van der Waals surface area contributed by atoms with Crippen LogP contribution in [-0.4, -0.2) is 26.5 Å². The fraction of sp³-hybridized carbons (Fsp3) is 0.250. The third kappa shape index (κ3) is 2.13. The molecule has 3 rings (SSSR count). The minimum atomic E-state index is -0.567. The van der Waals surface area contributed by atoms with Crippen LogP contribution in [0.2, 0.25) is 0 Å². The first-order valence-electron chi connectivity index (χ1n) is 6.98. The van der Waals surface area contributed by atoms with Gasteiger partial charge in [-0.3, -0.25) is 4.79 Å². The molecule has 1 unspecified atom stereocenters. The summed E-state index contributed by atoms with van der Waals surface area (Å²) >= 11 is 0. The zero-order valence-corrected chi connectivity index (χ0v) is 12.2. The molecule has 0 aromatic carbocycles. The topological polar surface area (TPSA) is 94.3 Å². The van der Waals surface area contributed by atoms with E-state index >= 15 is 0 Å². The van der Waals surface area contributed by atoms with Crippen LogP contribution < -0.4 is 5.73 Å². The first kappa shape index (κ1) is 14.2. The highest BCUT2D eigenvalue weighted by atomic mass is 16.5. The summed E-state index contributed by atoms with van der Waals surface area (Å²) in [6.07, 6.45) is 5.34. The maximum Gasteiger partial charge on any atom is 0.248 e. The van der Waals surface area contributed by atoms with E-state index in [1.54, 1.807) is 29.7 Å². The minimum Gasteiger partial charge on any atom is -0.618 e. The quantitative estimate of drug-likeness (QED) is 0.490. The second-order valence-electron chi connectivity index (χ2n) is 5.67. The predicted octanol–water partition coefficient (Wildman–Crippen LogP) is 1.32. The Bertz CT molecular complexity index is 781. The van der Waals surface area contributed by atoms with Crippen LogP contribution in [0.4, 0.5) is 0 Å². The van der Waals surface area contributed by atoms with Crippen LogP contribution in [-0.2, 0) is 11.3 Å². The lowest BCUT2D eigenvalue weighted by molar-refractivity contribution is -0.404. The van der Waals surface area contributed by atoms with Crippen molar-refractivity contribution >= 4 is 12.1 Å². The molecule has 2 aliphatic rings. The summed E-state index contributed by atoms with van der Waals surface area (Å²) in [4.78, 5) is 11.3. The first-order valence-corrected chi connectivity index (χ1v) is 6.98. The number of nitrogens with zero attached hydrogens (tertiary/aromatic N) is 2. The monoisotopic (exact) mass is 299 g/mol. The van der Waals surface area contributed by atoms with Gasteiger partial charge in [-0.25, -0.2) is 0 Å². The average Bonchev–Trinajstić information content (AvgIpc) is 2.66.